The van der Waals surface area contributed by atoms with Crippen LogP contribution in [0.25, 0.3) is 0 Å². The van der Waals surface area contributed by atoms with Gasteiger partial charge in [0, 0.05) is 13.2 Å². The van der Waals surface area contributed by atoms with Gasteiger partial charge in [-0.2, -0.15) is 0 Å². The van der Waals surface area contributed by atoms with Gasteiger partial charge in [-0.3, -0.25) is 9.59 Å². The number of anilines is 2. The number of para-hydroxylation sites is 2. The molecule has 0 radical (unpaired) electrons. The van der Waals surface area contributed by atoms with E-state index in [4.69, 9.17) is 16.3 Å². The SMILES string of the molecule is CNC(=O)[C@H]1CN(CC(=O)Nc2cccnc2Cl)c2ccccc2O1. The van der Waals surface area contributed by atoms with Gasteiger partial charge in [-0.1, -0.05) is 23.7 Å². The highest BCUT2D eigenvalue weighted by atomic mass is 35.5. The van der Waals surface area contributed by atoms with Crippen molar-refractivity contribution in [2.75, 3.05) is 30.4 Å². The second-order valence-corrected chi connectivity index (χ2v) is 5.82. The van der Waals surface area contributed by atoms with Crippen LogP contribution in [0.1, 0.15) is 0 Å². The van der Waals surface area contributed by atoms with Gasteiger partial charge in [-0.05, 0) is 24.3 Å². The summed E-state index contributed by atoms with van der Waals surface area (Å²) in [6, 6.07) is 10.7. The van der Waals surface area contributed by atoms with Gasteiger partial charge in [-0.15, -0.1) is 0 Å². The highest BCUT2D eigenvalue weighted by Gasteiger charge is 2.31. The molecule has 1 aliphatic rings. The lowest BCUT2D eigenvalue weighted by Gasteiger charge is -2.34. The number of ether oxygens (including phenoxy) is 1. The van der Waals surface area contributed by atoms with Crippen molar-refractivity contribution in [3.63, 3.8) is 0 Å². The van der Waals surface area contributed by atoms with Crippen LogP contribution in [0.4, 0.5) is 11.4 Å². The molecule has 0 bridgehead atoms. The smallest absolute Gasteiger partial charge is 0.262 e. The topological polar surface area (TPSA) is 83.6 Å². The Morgan fingerprint density at radius 1 is 1.32 bits per heavy atom. The zero-order valence-electron chi connectivity index (χ0n) is 13.5. The summed E-state index contributed by atoms with van der Waals surface area (Å²) in [6.07, 6.45) is 0.860. The van der Waals surface area contributed by atoms with Gasteiger partial charge in [0.05, 0.1) is 24.5 Å². The number of rotatable bonds is 4. The number of likely N-dealkylation sites (N-methyl/N-ethyl adjacent to an activating group) is 1. The van der Waals surface area contributed by atoms with Gasteiger partial charge in [0.2, 0.25) is 5.91 Å². The maximum atomic E-state index is 12.4. The Balaban J connectivity index is 1.77. The fourth-order valence-electron chi connectivity index (χ4n) is 2.60. The number of amides is 2. The number of hydrogen-bond acceptors (Lipinski definition) is 5. The molecule has 0 fully saturated rings. The van der Waals surface area contributed by atoms with Crippen molar-refractivity contribution < 1.29 is 14.3 Å². The summed E-state index contributed by atoms with van der Waals surface area (Å²) in [5.41, 5.74) is 1.20. The van der Waals surface area contributed by atoms with E-state index in [1.54, 1.807) is 36.3 Å². The number of fused-ring (bicyclic) bond motifs is 1. The maximum Gasteiger partial charge on any atom is 0.262 e. The van der Waals surface area contributed by atoms with Crippen molar-refractivity contribution in [3.05, 3.63) is 47.7 Å². The van der Waals surface area contributed by atoms with E-state index in [9.17, 15) is 9.59 Å². The summed E-state index contributed by atoms with van der Waals surface area (Å²) in [4.78, 5) is 30.1. The zero-order valence-corrected chi connectivity index (χ0v) is 14.3. The van der Waals surface area contributed by atoms with Crippen LogP contribution in [0, 0.1) is 0 Å². The van der Waals surface area contributed by atoms with Crippen LogP contribution >= 0.6 is 11.6 Å². The number of carbonyl (C=O) groups is 2. The standard InChI is InChI=1S/C17H17ClN4O3/c1-19-17(24)14-9-22(12-6-2-3-7-13(12)25-14)10-15(23)21-11-5-4-8-20-16(11)18/h2-8,14H,9-10H2,1H3,(H,19,24)(H,21,23)/t14-/m1/s1. The summed E-state index contributed by atoms with van der Waals surface area (Å²) in [5.74, 6) is 0.0621. The summed E-state index contributed by atoms with van der Waals surface area (Å²) in [7, 11) is 1.55. The molecule has 1 aromatic carbocycles. The van der Waals surface area contributed by atoms with Crippen molar-refractivity contribution in [3.8, 4) is 5.75 Å². The number of carbonyl (C=O) groups excluding carboxylic acids is 2. The first-order chi connectivity index (χ1) is 12.1. The second kappa shape index (κ2) is 7.40. The van der Waals surface area contributed by atoms with Crippen LogP contribution in [0.15, 0.2) is 42.6 Å². The van der Waals surface area contributed by atoms with Gasteiger partial charge in [-0.25, -0.2) is 4.98 Å². The summed E-state index contributed by atoms with van der Waals surface area (Å²) in [6.45, 7) is 0.323. The normalized spacial score (nSPS) is 15.8. The van der Waals surface area contributed by atoms with Crippen molar-refractivity contribution in [1.29, 1.82) is 0 Å². The number of benzene rings is 1. The molecule has 0 aliphatic carbocycles. The Morgan fingerprint density at radius 2 is 2.12 bits per heavy atom. The zero-order chi connectivity index (χ0) is 17.8. The van der Waals surface area contributed by atoms with E-state index in [1.807, 2.05) is 18.2 Å². The fraction of sp³-hybridized carbons (Fsp3) is 0.235. The summed E-state index contributed by atoms with van der Waals surface area (Å²) >= 11 is 5.96. The van der Waals surface area contributed by atoms with E-state index < -0.39 is 6.10 Å². The van der Waals surface area contributed by atoms with Gasteiger partial charge in [0.1, 0.15) is 5.75 Å². The minimum atomic E-state index is -0.685. The van der Waals surface area contributed by atoms with Gasteiger partial charge in [0.25, 0.3) is 5.91 Å². The Morgan fingerprint density at radius 3 is 2.88 bits per heavy atom. The molecule has 1 aromatic heterocycles. The molecule has 0 saturated heterocycles. The Bertz CT molecular complexity index is 799. The van der Waals surface area contributed by atoms with Crippen LogP contribution < -0.4 is 20.3 Å². The molecule has 2 aromatic rings. The number of pyridine rings is 1. The van der Waals surface area contributed by atoms with E-state index in [0.717, 1.165) is 5.69 Å². The molecular weight excluding hydrogens is 344 g/mol. The first-order valence-corrected chi connectivity index (χ1v) is 8.09. The molecule has 130 valence electrons. The average Bonchev–Trinajstić information content (AvgIpc) is 2.62. The molecule has 2 heterocycles. The first kappa shape index (κ1) is 17.0. The van der Waals surface area contributed by atoms with Crippen molar-refractivity contribution in [2.24, 2.45) is 0 Å². The fourth-order valence-corrected chi connectivity index (χ4v) is 2.76. The lowest BCUT2D eigenvalue weighted by atomic mass is 10.1. The summed E-state index contributed by atoms with van der Waals surface area (Å²) < 4.78 is 5.72. The molecular formula is C17H17ClN4O3. The second-order valence-electron chi connectivity index (χ2n) is 5.46. The highest BCUT2D eigenvalue weighted by molar-refractivity contribution is 6.32. The third kappa shape index (κ3) is 3.83. The Hall–Kier alpha value is -2.80. The van der Waals surface area contributed by atoms with E-state index in [-0.39, 0.29) is 30.1 Å². The molecule has 2 amide bonds. The monoisotopic (exact) mass is 360 g/mol. The first-order valence-electron chi connectivity index (χ1n) is 7.71. The molecule has 2 N–H and O–H groups in total. The Labute approximate surface area is 149 Å². The number of nitrogens with one attached hydrogen (secondary N) is 2. The average molecular weight is 361 g/mol. The van der Waals surface area contributed by atoms with Gasteiger partial charge < -0.3 is 20.3 Å². The van der Waals surface area contributed by atoms with Crippen LogP contribution in [0.3, 0.4) is 0 Å². The van der Waals surface area contributed by atoms with Crippen LogP contribution in [-0.4, -0.2) is 43.0 Å². The minimum Gasteiger partial charge on any atom is -0.477 e. The molecule has 8 heteroatoms. The largest absolute Gasteiger partial charge is 0.477 e. The maximum absolute atomic E-state index is 12.4. The van der Waals surface area contributed by atoms with Crippen molar-refractivity contribution >= 4 is 34.8 Å². The lowest BCUT2D eigenvalue weighted by Crippen LogP contribution is -2.50. The predicted molar refractivity (Wildman–Crippen MR) is 95.0 cm³/mol. The molecule has 1 aliphatic heterocycles. The number of aromatic nitrogens is 1. The van der Waals surface area contributed by atoms with Crippen LogP contribution in [0.2, 0.25) is 5.15 Å². The van der Waals surface area contributed by atoms with E-state index in [2.05, 4.69) is 15.6 Å². The lowest BCUT2D eigenvalue weighted by molar-refractivity contribution is -0.127. The predicted octanol–water partition coefficient (Wildman–Crippen LogP) is 1.69. The summed E-state index contributed by atoms with van der Waals surface area (Å²) in [5, 5.41) is 5.52. The van der Waals surface area contributed by atoms with E-state index >= 15 is 0 Å². The van der Waals surface area contributed by atoms with Crippen molar-refractivity contribution in [1.82, 2.24) is 10.3 Å². The molecule has 25 heavy (non-hydrogen) atoms. The highest BCUT2D eigenvalue weighted by Crippen LogP contribution is 2.33. The van der Waals surface area contributed by atoms with E-state index in [0.29, 0.717) is 11.4 Å². The molecule has 0 unspecified atom stereocenters. The molecule has 1 atom stereocenters. The third-order valence-corrected chi connectivity index (χ3v) is 4.07. The number of halogens is 1. The quantitative estimate of drug-likeness (QED) is 0.811. The van der Waals surface area contributed by atoms with Gasteiger partial charge >= 0.3 is 0 Å². The molecule has 0 saturated carbocycles. The van der Waals surface area contributed by atoms with Gasteiger partial charge in [0.15, 0.2) is 11.3 Å². The van der Waals surface area contributed by atoms with Crippen molar-refractivity contribution in [2.45, 2.75) is 6.10 Å². The number of hydrogen-bond donors (Lipinski definition) is 2. The van der Waals surface area contributed by atoms with Crippen LogP contribution in [0.5, 0.6) is 5.75 Å². The minimum absolute atomic E-state index is 0.0547. The van der Waals surface area contributed by atoms with E-state index in [1.165, 1.54) is 0 Å². The molecule has 7 nitrogen and oxygen atoms in total. The van der Waals surface area contributed by atoms with Crippen LogP contribution in [-0.2, 0) is 9.59 Å². The Kier molecular flexibility index (Phi) is 5.04. The third-order valence-electron chi connectivity index (χ3n) is 3.77. The number of nitrogens with zero attached hydrogens (tertiary/aromatic N) is 2. The molecule has 3 rings (SSSR count). The molecule has 0 spiro atoms.